The Morgan fingerprint density at radius 3 is 2.74 bits per heavy atom. The SMILES string of the molecule is CC(=O)OCC(=O)C1=CC[C@@H]2[C@@H]3CCC4=CC(=O)CC[C@@]4(C)C3=CC[C@]12C. The van der Waals surface area contributed by atoms with Gasteiger partial charge in [0.05, 0.1) is 0 Å². The molecule has 4 heteroatoms. The van der Waals surface area contributed by atoms with E-state index < -0.39 is 5.97 Å². The first-order valence-electron chi connectivity index (χ1n) is 10.1. The summed E-state index contributed by atoms with van der Waals surface area (Å²) in [6.45, 7) is 5.69. The van der Waals surface area contributed by atoms with Crippen LogP contribution in [0.2, 0.25) is 0 Å². The lowest BCUT2D eigenvalue weighted by molar-refractivity contribution is -0.145. The van der Waals surface area contributed by atoms with Gasteiger partial charge >= 0.3 is 5.97 Å². The highest BCUT2D eigenvalue weighted by Gasteiger charge is 2.54. The van der Waals surface area contributed by atoms with E-state index in [9.17, 15) is 14.4 Å². The molecule has 27 heavy (non-hydrogen) atoms. The van der Waals surface area contributed by atoms with E-state index in [4.69, 9.17) is 4.74 Å². The zero-order valence-electron chi connectivity index (χ0n) is 16.5. The number of esters is 1. The summed E-state index contributed by atoms with van der Waals surface area (Å²) in [5.74, 6) is 0.681. The second-order valence-electron chi connectivity index (χ2n) is 9.06. The smallest absolute Gasteiger partial charge is 0.303 e. The number of rotatable bonds is 3. The number of ether oxygens (including phenoxy) is 1. The molecule has 144 valence electrons. The molecule has 0 heterocycles. The van der Waals surface area contributed by atoms with Crippen LogP contribution in [0.4, 0.5) is 0 Å². The van der Waals surface area contributed by atoms with Crippen molar-refractivity contribution in [1.29, 1.82) is 0 Å². The highest BCUT2D eigenvalue weighted by molar-refractivity contribution is 5.99. The zero-order chi connectivity index (χ0) is 19.4. The Labute approximate surface area is 160 Å². The van der Waals surface area contributed by atoms with Crippen molar-refractivity contribution in [2.24, 2.45) is 22.7 Å². The van der Waals surface area contributed by atoms with Crippen LogP contribution in [0.3, 0.4) is 0 Å². The van der Waals surface area contributed by atoms with Gasteiger partial charge < -0.3 is 4.74 Å². The number of Topliss-reactive ketones (excluding diaryl/α,β-unsaturated/α-hetero) is 1. The lowest BCUT2D eigenvalue weighted by Crippen LogP contribution is -2.44. The molecule has 0 aliphatic heterocycles. The van der Waals surface area contributed by atoms with E-state index in [-0.39, 0.29) is 29.0 Å². The maximum atomic E-state index is 12.7. The molecule has 0 saturated heterocycles. The number of carbonyl (C=O) groups excluding carboxylic acids is 3. The van der Waals surface area contributed by atoms with E-state index in [2.05, 4.69) is 26.0 Å². The molecule has 1 saturated carbocycles. The Morgan fingerprint density at radius 2 is 2.00 bits per heavy atom. The summed E-state index contributed by atoms with van der Waals surface area (Å²) >= 11 is 0. The second-order valence-corrected chi connectivity index (χ2v) is 9.06. The highest BCUT2D eigenvalue weighted by atomic mass is 16.5. The summed E-state index contributed by atoms with van der Waals surface area (Å²) in [5.41, 5.74) is 3.49. The first kappa shape index (κ1) is 18.4. The van der Waals surface area contributed by atoms with Crippen LogP contribution in [0, 0.1) is 22.7 Å². The summed E-state index contributed by atoms with van der Waals surface area (Å²) < 4.78 is 4.96. The Hall–Kier alpha value is -1.97. The van der Waals surface area contributed by atoms with Crippen molar-refractivity contribution in [1.82, 2.24) is 0 Å². The first-order chi connectivity index (χ1) is 12.8. The average Bonchev–Trinajstić information content (AvgIpc) is 2.97. The number of hydrogen-bond donors (Lipinski definition) is 0. The number of carbonyl (C=O) groups is 3. The number of ketones is 2. The fraction of sp³-hybridized carbons (Fsp3) is 0.609. The van der Waals surface area contributed by atoms with Crippen molar-refractivity contribution in [2.45, 2.75) is 59.3 Å². The van der Waals surface area contributed by atoms with Crippen LogP contribution < -0.4 is 0 Å². The van der Waals surface area contributed by atoms with Gasteiger partial charge in [0.2, 0.25) is 0 Å². The predicted molar refractivity (Wildman–Crippen MR) is 102 cm³/mol. The molecule has 0 amide bonds. The normalized spacial score (nSPS) is 37.3. The molecule has 4 atom stereocenters. The van der Waals surface area contributed by atoms with Crippen molar-refractivity contribution in [3.05, 3.63) is 34.9 Å². The maximum Gasteiger partial charge on any atom is 0.303 e. The van der Waals surface area contributed by atoms with E-state index in [1.807, 2.05) is 6.08 Å². The minimum absolute atomic E-state index is 0.0165. The molecule has 4 aliphatic carbocycles. The zero-order valence-corrected chi connectivity index (χ0v) is 16.5. The molecule has 0 N–H and O–H groups in total. The predicted octanol–water partition coefficient (Wildman–Crippen LogP) is 4.11. The molecular weight excluding hydrogens is 340 g/mol. The van der Waals surface area contributed by atoms with E-state index in [0.717, 1.165) is 37.7 Å². The summed E-state index contributed by atoms with van der Waals surface area (Å²) in [6, 6.07) is 0. The Kier molecular flexibility index (Phi) is 4.28. The van der Waals surface area contributed by atoms with Crippen molar-refractivity contribution in [2.75, 3.05) is 6.61 Å². The van der Waals surface area contributed by atoms with Gasteiger partial charge in [0.15, 0.2) is 18.2 Å². The topological polar surface area (TPSA) is 60.4 Å². The van der Waals surface area contributed by atoms with Crippen LogP contribution in [0.15, 0.2) is 34.9 Å². The maximum absolute atomic E-state index is 12.7. The van der Waals surface area contributed by atoms with Gasteiger partial charge in [0, 0.05) is 29.7 Å². The average molecular weight is 368 g/mol. The molecular formula is C23H28O4. The van der Waals surface area contributed by atoms with Gasteiger partial charge in [-0.15, -0.1) is 0 Å². The van der Waals surface area contributed by atoms with Crippen molar-refractivity contribution >= 4 is 17.5 Å². The van der Waals surface area contributed by atoms with E-state index in [0.29, 0.717) is 18.3 Å². The van der Waals surface area contributed by atoms with Gasteiger partial charge in [-0.25, -0.2) is 0 Å². The summed E-state index contributed by atoms with van der Waals surface area (Å²) in [7, 11) is 0. The van der Waals surface area contributed by atoms with Crippen LogP contribution in [0.25, 0.3) is 0 Å². The lowest BCUT2D eigenvalue weighted by Gasteiger charge is -2.53. The highest BCUT2D eigenvalue weighted by Crippen LogP contribution is 2.63. The number of fused-ring (bicyclic) bond motifs is 5. The van der Waals surface area contributed by atoms with Crippen LogP contribution >= 0.6 is 0 Å². The van der Waals surface area contributed by atoms with Crippen LogP contribution in [0.1, 0.15) is 59.3 Å². The van der Waals surface area contributed by atoms with Gasteiger partial charge in [0.25, 0.3) is 0 Å². The van der Waals surface area contributed by atoms with Crippen LogP contribution in [0.5, 0.6) is 0 Å². The fourth-order valence-corrected chi connectivity index (χ4v) is 6.11. The second kappa shape index (κ2) is 6.29. The largest absolute Gasteiger partial charge is 0.457 e. The molecule has 0 aromatic rings. The summed E-state index contributed by atoms with van der Waals surface area (Å²) in [5, 5.41) is 0. The van der Waals surface area contributed by atoms with Gasteiger partial charge in [-0.1, -0.05) is 37.1 Å². The molecule has 0 aromatic carbocycles. The number of allylic oxidation sites excluding steroid dienone is 5. The molecule has 0 unspecified atom stereocenters. The monoisotopic (exact) mass is 368 g/mol. The molecule has 4 rings (SSSR count). The quantitative estimate of drug-likeness (QED) is 0.556. The molecule has 0 spiro atoms. The standard InChI is InChI=1S/C23H28O4/c1-14(24)27-13-21(26)20-7-6-18-17-5-4-15-12-16(25)8-10-22(15,2)19(17)9-11-23(18,20)3/h7,9,12,17-18H,4-6,8,10-11,13H2,1-3H3/t17-,18+,22+,23-/m0/s1. The Balaban J connectivity index is 1.62. The molecule has 4 nitrogen and oxygen atoms in total. The molecule has 0 aromatic heterocycles. The molecule has 4 aliphatic rings. The van der Waals surface area contributed by atoms with Crippen molar-refractivity contribution in [3.63, 3.8) is 0 Å². The minimum atomic E-state index is -0.416. The van der Waals surface area contributed by atoms with Crippen molar-refractivity contribution in [3.8, 4) is 0 Å². The minimum Gasteiger partial charge on any atom is -0.457 e. The third-order valence-corrected chi connectivity index (χ3v) is 7.62. The van der Waals surface area contributed by atoms with Gasteiger partial charge in [0.1, 0.15) is 0 Å². The van der Waals surface area contributed by atoms with Gasteiger partial charge in [-0.05, 0) is 50.0 Å². The van der Waals surface area contributed by atoms with Gasteiger partial charge in [-0.3, -0.25) is 14.4 Å². The van der Waals surface area contributed by atoms with E-state index >= 15 is 0 Å². The molecule has 0 bridgehead atoms. The number of hydrogen-bond acceptors (Lipinski definition) is 4. The van der Waals surface area contributed by atoms with Crippen molar-refractivity contribution < 1.29 is 19.1 Å². The fourth-order valence-electron chi connectivity index (χ4n) is 6.11. The van der Waals surface area contributed by atoms with E-state index in [1.54, 1.807) is 0 Å². The van der Waals surface area contributed by atoms with Gasteiger partial charge in [-0.2, -0.15) is 0 Å². The van der Waals surface area contributed by atoms with Crippen LogP contribution in [-0.4, -0.2) is 24.1 Å². The molecule has 0 radical (unpaired) electrons. The third kappa shape index (κ3) is 2.76. The Morgan fingerprint density at radius 1 is 1.22 bits per heavy atom. The summed E-state index contributed by atoms with van der Waals surface area (Å²) in [6.07, 6.45) is 11.7. The lowest BCUT2D eigenvalue weighted by atomic mass is 9.51. The first-order valence-corrected chi connectivity index (χ1v) is 10.1. The Bertz CT molecular complexity index is 814. The third-order valence-electron chi connectivity index (χ3n) is 7.62. The van der Waals surface area contributed by atoms with E-state index in [1.165, 1.54) is 18.1 Å². The molecule has 1 fully saturated rings. The summed E-state index contributed by atoms with van der Waals surface area (Å²) in [4.78, 5) is 35.7. The van der Waals surface area contributed by atoms with Crippen LogP contribution in [-0.2, 0) is 19.1 Å².